The molecular formula is C26H40N6O. The molecule has 7 heteroatoms. The number of hydrogen-bond donors (Lipinski definition) is 3. The molecule has 1 aliphatic carbocycles. The number of nitrogens with zero attached hydrogens (tertiary/aromatic N) is 4. The van der Waals surface area contributed by atoms with Crippen molar-refractivity contribution in [2.24, 2.45) is 5.92 Å². The second-order valence-corrected chi connectivity index (χ2v) is 10.1. The summed E-state index contributed by atoms with van der Waals surface area (Å²) < 4.78 is 0. The van der Waals surface area contributed by atoms with Gasteiger partial charge in [-0.15, -0.1) is 0 Å². The molecule has 0 aromatic carbocycles. The van der Waals surface area contributed by atoms with E-state index in [9.17, 15) is 5.11 Å². The van der Waals surface area contributed by atoms with E-state index in [0.29, 0.717) is 18.0 Å². The van der Waals surface area contributed by atoms with Gasteiger partial charge < -0.3 is 20.6 Å². The number of aliphatic hydroxyl groups excluding tert-OH is 1. The van der Waals surface area contributed by atoms with E-state index in [2.05, 4.69) is 53.5 Å². The monoisotopic (exact) mass is 452 g/mol. The van der Waals surface area contributed by atoms with E-state index in [1.54, 1.807) is 0 Å². The van der Waals surface area contributed by atoms with Crippen LogP contribution in [0.15, 0.2) is 24.5 Å². The first-order valence-corrected chi connectivity index (χ1v) is 12.7. The van der Waals surface area contributed by atoms with Crippen LogP contribution in [0.3, 0.4) is 0 Å². The molecule has 33 heavy (non-hydrogen) atoms. The van der Waals surface area contributed by atoms with Crippen molar-refractivity contribution < 1.29 is 5.11 Å². The molecule has 180 valence electrons. The highest BCUT2D eigenvalue weighted by Crippen LogP contribution is 2.29. The Kier molecular flexibility index (Phi) is 8.15. The molecule has 1 saturated carbocycles. The van der Waals surface area contributed by atoms with Crippen LogP contribution < -0.4 is 10.6 Å². The molecule has 2 aromatic heterocycles. The van der Waals surface area contributed by atoms with Gasteiger partial charge in [0, 0.05) is 31.0 Å². The van der Waals surface area contributed by atoms with Crippen molar-refractivity contribution in [2.45, 2.75) is 83.4 Å². The molecular weight excluding hydrogens is 412 g/mol. The third-order valence-electron chi connectivity index (χ3n) is 7.04. The molecule has 3 heterocycles. The van der Waals surface area contributed by atoms with Crippen molar-refractivity contribution in [3.63, 3.8) is 0 Å². The van der Waals surface area contributed by atoms with Crippen LogP contribution in [0.5, 0.6) is 0 Å². The van der Waals surface area contributed by atoms with E-state index >= 15 is 0 Å². The minimum Gasteiger partial charge on any atom is -0.393 e. The molecule has 3 N–H and O–H groups in total. The van der Waals surface area contributed by atoms with Crippen molar-refractivity contribution in [1.29, 1.82) is 0 Å². The summed E-state index contributed by atoms with van der Waals surface area (Å²) in [6, 6.07) is 4.94. The molecule has 0 bridgehead atoms. The zero-order chi connectivity index (χ0) is 23.2. The van der Waals surface area contributed by atoms with Crippen LogP contribution in [-0.2, 0) is 6.42 Å². The average molecular weight is 453 g/mol. The van der Waals surface area contributed by atoms with Gasteiger partial charge in [0.2, 0.25) is 5.95 Å². The SMILES string of the molecule is CCC[C@H](C)Nc1ncc(-c2ccc(C[C@@H]3CCN(C)C3)cn2)c(NC2CCC(O)CC2)n1. The highest BCUT2D eigenvalue weighted by atomic mass is 16.3. The predicted octanol–water partition coefficient (Wildman–Crippen LogP) is 4.35. The van der Waals surface area contributed by atoms with E-state index in [0.717, 1.165) is 67.9 Å². The van der Waals surface area contributed by atoms with E-state index in [1.807, 2.05) is 12.4 Å². The minimum absolute atomic E-state index is 0.172. The Bertz CT molecular complexity index is 881. The maximum Gasteiger partial charge on any atom is 0.224 e. The molecule has 0 amide bonds. The molecule has 1 saturated heterocycles. The maximum atomic E-state index is 9.89. The molecule has 0 unspecified atom stereocenters. The topological polar surface area (TPSA) is 86.2 Å². The van der Waals surface area contributed by atoms with Crippen LogP contribution in [-0.4, -0.2) is 63.3 Å². The highest BCUT2D eigenvalue weighted by Gasteiger charge is 2.22. The fraction of sp³-hybridized carbons (Fsp3) is 0.654. The van der Waals surface area contributed by atoms with E-state index in [-0.39, 0.29) is 6.10 Å². The van der Waals surface area contributed by atoms with Crippen molar-refractivity contribution in [3.05, 3.63) is 30.1 Å². The number of nitrogens with one attached hydrogen (secondary N) is 2. The number of hydrogen-bond acceptors (Lipinski definition) is 7. The number of rotatable bonds is 9. The fourth-order valence-corrected chi connectivity index (χ4v) is 5.12. The fourth-order valence-electron chi connectivity index (χ4n) is 5.12. The largest absolute Gasteiger partial charge is 0.393 e. The summed E-state index contributed by atoms with van der Waals surface area (Å²) in [5.41, 5.74) is 3.12. The molecule has 2 aromatic rings. The lowest BCUT2D eigenvalue weighted by Gasteiger charge is -2.27. The van der Waals surface area contributed by atoms with Gasteiger partial charge in [0.1, 0.15) is 5.82 Å². The summed E-state index contributed by atoms with van der Waals surface area (Å²) in [4.78, 5) is 16.7. The van der Waals surface area contributed by atoms with Gasteiger partial charge in [-0.1, -0.05) is 19.4 Å². The highest BCUT2D eigenvalue weighted by molar-refractivity contribution is 5.73. The summed E-state index contributed by atoms with van der Waals surface area (Å²) >= 11 is 0. The second-order valence-electron chi connectivity index (χ2n) is 10.1. The van der Waals surface area contributed by atoms with Gasteiger partial charge in [-0.05, 0) is 83.0 Å². The molecule has 2 aliphatic rings. The predicted molar refractivity (Wildman–Crippen MR) is 134 cm³/mol. The third-order valence-corrected chi connectivity index (χ3v) is 7.04. The normalized spacial score (nSPS) is 24.5. The van der Waals surface area contributed by atoms with E-state index in [4.69, 9.17) is 9.97 Å². The Morgan fingerprint density at radius 3 is 2.61 bits per heavy atom. The third kappa shape index (κ3) is 6.64. The smallest absolute Gasteiger partial charge is 0.224 e. The van der Waals surface area contributed by atoms with Crippen molar-refractivity contribution in [2.75, 3.05) is 30.8 Å². The molecule has 0 spiro atoms. The number of aromatic nitrogens is 3. The Hall–Kier alpha value is -2.25. The van der Waals surface area contributed by atoms with Crippen molar-refractivity contribution >= 4 is 11.8 Å². The molecule has 4 rings (SSSR count). The lowest BCUT2D eigenvalue weighted by Crippen LogP contribution is -2.29. The second kappa shape index (κ2) is 11.3. The maximum absolute atomic E-state index is 9.89. The average Bonchev–Trinajstić information content (AvgIpc) is 3.21. The summed E-state index contributed by atoms with van der Waals surface area (Å²) in [5.74, 6) is 2.20. The van der Waals surface area contributed by atoms with Crippen LogP contribution in [0.4, 0.5) is 11.8 Å². The zero-order valence-corrected chi connectivity index (χ0v) is 20.4. The quantitative estimate of drug-likeness (QED) is 0.521. The van der Waals surface area contributed by atoms with Gasteiger partial charge in [-0.2, -0.15) is 4.98 Å². The Labute approximate surface area is 198 Å². The van der Waals surface area contributed by atoms with Gasteiger partial charge >= 0.3 is 0 Å². The van der Waals surface area contributed by atoms with Gasteiger partial charge in [-0.3, -0.25) is 4.98 Å². The Morgan fingerprint density at radius 1 is 1.12 bits per heavy atom. The first-order valence-electron chi connectivity index (χ1n) is 12.7. The Balaban J connectivity index is 1.52. The lowest BCUT2D eigenvalue weighted by atomic mass is 9.93. The Morgan fingerprint density at radius 2 is 1.94 bits per heavy atom. The van der Waals surface area contributed by atoms with Gasteiger partial charge in [-0.25, -0.2) is 4.98 Å². The van der Waals surface area contributed by atoms with E-state index in [1.165, 1.54) is 25.1 Å². The number of aliphatic hydroxyl groups is 1. The first-order chi connectivity index (χ1) is 16.0. The molecule has 7 nitrogen and oxygen atoms in total. The molecule has 2 fully saturated rings. The number of pyridine rings is 1. The molecule has 0 radical (unpaired) electrons. The van der Waals surface area contributed by atoms with Crippen LogP contribution in [0.25, 0.3) is 11.3 Å². The molecule has 1 aliphatic heterocycles. The number of likely N-dealkylation sites (tertiary alicyclic amines) is 1. The summed E-state index contributed by atoms with van der Waals surface area (Å²) in [6.07, 6.45) is 11.8. The molecule has 2 atom stereocenters. The van der Waals surface area contributed by atoms with Gasteiger partial charge in [0.25, 0.3) is 0 Å². The zero-order valence-electron chi connectivity index (χ0n) is 20.4. The first kappa shape index (κ1) is 23.9. The van der Waals surface area contributed by atoms with Crippen LogP contribution in [0, 0.1) is 5.92 Å². The van der Waals surface area contributed by atoms with Crippen molar-refractivity contribution in [3.8, 4) is 11.3 Å². The van der Waals surface area contributed by atoms with E-state index < -0.39 is 0 Å². The van der Waals surface area contributed by atoms with Crippen molar-refractivity contribution in [1.82, 2.24) is 19.9 Å². The number of anilines is 2. The summed E-state index contributed by atoms with van der Waals surface area (Å²) in [7, 11) is 2.20. The minimum atomic E-state index is -0.172. The standard InChI is InChI=1S/C26H40N6O/c1-4-5-18(2)29-26-28-16-23(25(31-26)30-21-7-9-22(33)10-8-21)24-11-6-19(15-27-24)14-20-12-13-32(3)17-20/h6,11,15-16,18,20-22,33H,4-5,7-10,12-14,17H2,1-3H3,(H2,28,29,30,31)/t18-,20-,21?,22?/m0/s1. The lowest BCUT2D eigenvalue weighted by molar-refractivity contribution is 0.126. The van der Waals surface area contributed by atoms with Gasteiger partial charge in [0.15, 0.2) is 0 Å². The van der Waals surface area contributed by atoms with Gasteiger partial charge in [0.05, 0.1) is 17.4 Å². The van der Waals surface area contributed by atoms with Crippen LogP contribution >= 0.6 is 0 Å². The van der Waals surface area contributed by atoms with Crippen LogP contribution in [0.2, 0.25) is 0 Å². The van der Waals surface area contributed by atoms with Crippen LogP contribution in [0.1, 0.15) is 64.4 Å². The summed E-state index contributed by atoms with van der Waals surface area (Å²) in [6.45, 7) is 6.72. The summed E-state index contributed by atoms with van der Waals surface area (Å²) in [5, 5.41) is 17.0.